The Balaban J connectivity index is 2.30. The van der Waals surface area contributed by atoms with E-state index < -0.39 is 6.61 Å². The molecule has 3 rings (SSSR count). The van der Waals surface area contributed by atoms with Crippen LogP contribution in [0.25, 0.3) is 21.9 Å². The molecule has 0 saturated carbocycles. The van der Waals surface area contributed by atoms with E-state index in [9.17, 15) is 13.6 Å². The number of methoxy groups -OCH3 is 1. The summed E-state index contributed by atoms with van der Waals surface area (Å²) in [5.74, 6) is 0.465. The van der Waals surface area contributed by atoms with E-state index in [1.54, 1.807) is 37.6 Å². The molecule has 6 nitrogen and oxygen atoms in total. The van der Waals surface area contributed by atoms with Gasteiger partial charge in [-0.05, 0) is 43.2 Å². The van der Waals surface area contributed by atoms with Crippen LogP contribution in [0.2, 0.25) is 0 Å². The molecule has 0 aliphatic heterocycles. The number of ether oxygens (including phenoxy) is 2. The fourth-order valence-corrected chi connectivity index (χ4v) is 3.17. The molecule has 2 aromatic heterocycles. The number of fused-ring (bicyclic) bond motifs is 1. The summed E-state index contributed by atoms with van der Waals surface area (Å²) in [6.07, 6.45) is 4.74. The molecule has 0 spiro atoms. The molecule has 0 saturated heterocycles. The van der Waals surface area contributed by atoms with E-state index in [0.717, 1.165) is 0 Å². The third-order valence-corrected chi connectivity index (χ3v) is 4.37. The van der Waals surface area contributed by atoms with Gasteiger partial charge in [-0.1, -0.05) is 0 Å². The van der Waals surface area contributed by atoms with Crippen molar-refractivity contribution in [3.05, 3.63) is 52.7 Å². The lowest BCUT2D eigenvalue weighted by Crippen LogP contribution is -2.17. The Labute approximate surface area is 160 Å². The van der Waals surface area contributed by atoms with E-state index in [0.29, 0.717) is 39.8 Å². The minimum atomic E-state index is -2.97. The summed E-state index contributed by atoms with van der Waals surface area (Å²) in [7, 11) is 6.76. The predicted octanol–water partition coefficient (Wildman–Crippen LogP) is 3.27. The highest BCUT2D eigenvalue weighted by Gasteiger charge is 2.19. The van der Waals surface area contributed by atoms with Gasteiger partial charge in [0.05, 0.1) is 18.1 Å². The van der Waals surface area contributed by atoms with E-state index in [1.165, 1.54) is 17.9 Å². The number of pyridine rings is 2. The van der Waals surface area contributed by atoms with Gasteiger partial charge >= 0.3 is 6.61 Å². The molecule has 0 bridgehead atoms. The van der Waals surface area contributed by atoms with Crippen molar-refractivity contribution in [1.82, 2.24) is 14.5 Å². The maximum atomic E-state index is 13.0. The van der Waals surface area contributed by atoms with E-state index in [1.807, 2.05) is 19.0 Å². The van der Waals surface area contributed by atoms with E-state index >= 15 is 0 Å². The molecular formula is C20H21F2N3O3. The van der Waals surface area contributed by atoms with Crippen LogP contribution in [0, 0.1) is 0 Å². The Morgan fingerprint density at radius 2 is 1.93 bits per heavy atom. The Morgan fingerprint density at radius 3 is 2.57 bits per heavy atom. The Morgan fingerprint density at radius 1 is 1.21 bits per heavy atom. The van der Waals surface area contributed by atoms with Crippen molar-refractivity contribution in [2.75, 3.05) is 21.2 Å². The first-order chi connectivity index (χ1) is 13.3. The van der Waals surface area contributed by atoms with Crippen LogP contribution in [0.3, 0.4) is 0 Å². The monoisotopic (exact) mass is 389 g/mol. The van der Waals surface area contributed by atoms with Crippen molar-refractivity contribution in [2.24, 2.45) is 7.05 Å². The topological polar surface area (TPSA) is 56.6 Å². The number of halogens is 2. The molecule has 0 N–H and O–H groups in total. The minimum absolute atomic E-state index is 0.0362. The summed E-state index contributed by atoms with van der Waals surface area (Å²) in [6.45, 7) is -2.61. The molecule has 28 heavy (non-hydrogen) atoms. The van der Waals surface area contributed by atoms with Crippen LogP contribution in [0.4, 0.5) is 8.78 Å². The largest absolute Gasteiger partial charge is 0.496 e. The van der Waals surface area contributed by atoms with Crippen LogP contribution in [0.1, 0.15) is 5.56 Å². The van der Waals surface area contributed by atoms with Crippen molar-refractivity contribution in [3.63, 3.8) is 0 Å². The normalized spacial score (nSPS) is 11.4. The molecular weight excluding hydrogens is 368 g/mol. The van der Waals surface area contributed by atoms with Gasteiger partial charge in [-0.2, -0.15) is 8.78 Å². The van der Waals surface area contributed by atoms with E-state index in [2.05, 4.69) is 4.98 Å². The van der Waals surface area contributed by atoms with Gasteiger partial charge in [0, 0.05) is 37.7 Å². The smallest absolute Gasteiger partial charge is 0.387 e. The van der Waals surface area contributed by atoms with Crippen LogP contribution < -0.4 is 15.0 Å². The van der Waals surface area contributed by atoms with Gasteiger partial charge in [-0.15, -0.1) is 0 Å². The fraction of sp³-hybridized carbons (Fsp3) is 0.300. The number of aryl methyl sites for hydroxylation is 1. The number of nitrogens with zero attached hydrogens (tertiary/aromatic N) is 3. The van der Waals surface area contributed by atoms with Gasteiger partial charge in [0.15, 0.2) is 0 Å². The molecule has 148 valence electrons. The Hall–Kier alpha value is -3.00. The first kappa shape index (κ1) is 19.8. The molecule has 0 aliphatic carbocycles. The van der Waals surface area contributed by atoms with E-state index in [4.69, 9.17) is 9.47 Å². The number of aromatic nitrogens is 2. The van der Waals surface area contributed by atoms with Crippen molar-refractivity contribution in [2.45, 2.75) is 13.2 Å². The molecule has 8 heteroatoms. The summed E-state index contributed by atoms with van der Waals surface area (Å²) in [5.41, 5.74) is 1.62. The van der Waals surface area contributed by atoms with Crippen LogP contribution >= 0.6 is 0 Å². The number of hydrogen-bond acceptors (Lipinski definition) is 5. The summed E-state index contributed by atoms with van der Waals surface area (Å²) < 4.78 is 37.8. The molecule has 0 amide bonds. The lowest BCUT2D eigenvalue weighted by molar-refractivity contribution is -0.0507. The highest BCUT2D eigenvalue weighted by Crippen LogP contribution is 2.38. The molecule has 0 atom stereocenters. The zero-order valence-electron chi connectivity index (χ0n) is 16.1. The standard InChI is InChI=1S/C20H21F2N3O3/c1-24(2)10-16-17(27-4)7-12(8-18(16)28-20(21)22)15-11-25(3)19(26)14-9-23-6-5-13(14)15/h5-9,11,20H,10H2,1-4H3. The SMILES string of the molecule is COc1cc(-c2cn(C)c(=O)c3cnccc23)cc(OC(F)F)c1CN(C)C. The molecule has 0 fully saturated rings. The van der Waals surface area contributed by atoms with E-state index in [-0.39, 0.29) is 11.3 Å². The van der Waals surface area contributed by atoms with Crippen LogP contribution in [0.5, 0.6) is 11.5 Å². The van der Waals surface area contributed by atoms with Gasteiger partial charge in [0.1, 0.15) is 11.5 Å². The summed E-state index contributed by atoms with van der Waals surface area (Å²) in [5, 5.41) is 1.11. The van der Waals surface area contributed by atoms with Crippen molar-refractivity contribution >= 4 is 10.8 Å². The highest BCUT2D eigenvalue weighted by atomic mass is 19.3. The van der Waals surface area contributed by atoms with Crippen LogP contribution in [-0.4, -0.2) is 42.3 Å². The average molecular weight is 389 g/mol. The molecule has 1 aromatic carbocycles. The van der Waals surface area contributed by atoms with Crippen molar-refractivity contribution in [3.8, 4) is 22.6 Å². The minimum Gasteiger partial charge on any atom is -0.496 e. The number of hydrogen-bond donors (Lipinski definition) is 0. The zero-order valence-corrected chi connectivity index (χ0v) is 16.1. The molecule has 0 unspecified atom stereocenters. The predicted molar refractivity (Wildman–Crippen MR) is 103 cm³/mol. The molecule has 0 radical (unpaired) electrons. The second kappa shape index (κ2) is 7.93. The third kappa shape index (κ3) is 3.82. The summed E-state index contributed by atoms with van der Waals surface area (Å²) >= 11 is 0. The van der Waals surface area contributed by atoms with Crippen LogP contribution in [0.15, 0.2) is 41.6 Å². The molecule has 2 heterocycles. The summed E-state index contributed by atoms with van der Waals surface area (Å²) in [4.78, 5) is 18.2. The van der Waals surface area contributed by atoms with Crippen LogP contribution in [-0.2, 0) is 13.6 Å². The van der Waals surface area contributed by atoms with Crippen molar-refractivity contribution < 1.29 is 18.3 Å². The molecule has 3 aromatic rings. The highest BCUT2D eigenvalue weighted by molar-refractivity contribution is 5.95. The third-order valence-electron chi connectivity index (χ3n) is 4.37. The average Bonchev–Trinajstić information content (AvgIpc) is 2.65. The zero-order chi connectivity index (χ0) is 20.4. The van der Waals surface area contributed by atoms with Gasteiger partial charge in [0.2, 0.25) is 0 Å². The van der Waals surface area contributed by atoms with Gasteiger partial charge in [-0.25, -0.2) is 0 Å². The first-order valence-electron chi connectivity index (χ1n) is 8.56. The Kier molecular flexibility index (Phi) is 5.60. The second-order valence-electron chi connectivity index (χ2n) is 6.65. The number of benzene rings is 1. The molecule has 0 aliphatic rings. The first-order valence-corrected chi connectivity index (χ1v) is 8.56. The lowest BCUT2D eigenvalue weighted by atomic mass is 9.99. The fourth-order valence-electron chi connectivity index (χ4n) is 3.17. The van der Waals surface area contributed by atoms with Gasteiger partial charge < -0.3 is 18.9 Å². The quantitative estimate of drug-likeness (QED) is 0.648. The number of alkyl halides is 2. The number of rotatable bonds is 6. The Bertz CT molecular complexity index is 1060. The van der Waals surface area contributed by atoms with Gasteiger partial charge in [-0.3, -0.25) is 9.78 Å². The second-order valence-corrected chi connectivity index (χ2v) is 6.65. The maximum Gasteiger partial charge on any atom is 0.387 e. The maximum absolute atomic E-state index is 13.0. The lowest BCUT2D eigenvalue weighted by Gasteiger charge is -2.20. The van der Waals surface area contributed by atoms with Crippen molar-refractivity contribution in [1.29, 1.82) is 0 Å². The summed E-state index contributed by atoms with van der Waals surface area (Å²) in [6, 6.07) is 5.03. The van der Waals surface area contributed by atoms with Gasteiger partial charge in [0.25, 0.3) is 5.56 Å².